The van der Waals surface area contributed by atoms with Crippen LogP contribution in [0.15, 0.2) is 71.3 Å². The van der Waals surface area contributed by atoms with Crippen LogP contribution in [0.2, 0.25) is 0 Å². The van der Waals surface area contributed by atoms with E-state index in [0.29, 0.717) is 74.0 Å². The number of fused-ring (bicyclic) bond motifs is 2. The Hall–Kier alpha value is -6.19. The molecule has 6 aliphatic rings. The average Bonchev–Trinajstić information content (AvgIpc) is 3.83. The lowest BCUT2D eigenvalue weighted by molar-refractivity contribution is -0.133. The first kappa shape index (κ1) is 45.6. The van der Waals surface area contributed by atoms with Crippen molar-refractivity contribution in [2.75, 3.05) is 81.0 Å². The Morgan fingerprint density at radius 1 is 0.912 bits per heavy atom. The fourth-order valence-electron chi connectivity index (χ4n) is 11.5. The number of amides is 3. The predicted octanol–water partition coefficient (Wildman–Crippen LogP) is 6.43. The van der Waals surface area contributed by atoms with Crippen LogP contribution in [0.3, 0.4) is 0 Å². The highest BCUT2D eigenvalue weighted by molar-refractivity contribution is 6.01. The summed E-state index contributed by atoms with van der Waals surface area (Å²) in [4.78, 5) is 64.5. The molecule has 3 N–H and O–H groups in total. The van der Waals surface area contributed by atoms with E-state index in [1.165, 1.54) is 17.7 Å². The van der Waals surface area contributed by atoms with Gasteiger partial charge in [-0.1, -0.05) is 13.0 Å². The quantitative estimate of drug-likeness (QED) is 0.153. The number of carbonyl (C=O) groups excluding carboxylic acids is 3. The van der Waals surface area contributed by atoms with Crippen LogP contribution in [0.4, 0.5) is 25.8 Å². The van der Waals surface area contributed by atoms with Crippen molar-refractivity contribution < 1.29 is 23.2 Å². The summed E-state index contributed by atoms with van der Waals surface area (Å²) in [6, 6.07) is 11.7. The van der Waals surface area contributed by atoms with Crippen molar-refractivity contribution in [2.45, 2.75) is 77.8 Å². The van der Waals surface area contributed by atoms with Crippen molar-refractivity contribution in [3.63, 3.8) is 0 Å². The number of nitrogens with zero attached hydrogens (tertiary/aromatic N) is 6. The third kappa shape index (κ3) is 9.10. The summed E-state index contributed by atoms with van der Waals surface area (Å²) in [5.41, 5.74) is 9.69. The monoisotopic (exact) mass is 925 g/mol. The lowest BCUT2D eigenvalue weighted by Crippen LogP contribution is -2.49. The van der Waals surface area contributed by atoms with Crippen LogP contribution in [0.25, 0.3) is 17.3 Å². The number of rotatable bonds is 10. The van der Waals surface area contributed by atoms with Crippen molar-refractivity contribution in [1.29, 1.82) is 0 Å². The number of hydrogen-bond donors (Lipinski definition) is 3. The van der Waals surface area contributed by atoms with E-state index >= 15 is 8.78 Å². The number of carbonyl (C=O) groups is 3. The van der Waals surface area contributed by atoms with Gasteiger partial charge in [-0.05, 0) is 129 Å². The maximum Gasteiger partial charge on any atom is 0.260 e. The highest BCUT2D eigenvalue weighted by Crippen LogP contribution is 2.37. The first-order valence-corrected chi connectivity index (χ1v) is 24.5. The molecule has 2 unspecified atom stereocenters. The molecule has 3 atom stereocenters. The number of likely N-dealkylation sites (tertiary alicyclic amines) is 1. The number of aromatic nitrogens is 2. The van der Waals surface area contributed by atoms with Gasteiger partial charge in [-0.2, -0.15) is 0 Å². The van der Waals surface area contributed by atoms with Gasteiger partial charge in [-0.25, -0.2) is 8.78 Å². The van der Waals surface area contributed by atoms with E-state index < -0.39 is 11.9 Å². The largest absolute Gasteiger partial charge is 0.384 e. The molecule has 5 aliphatic heterocycles. The van der Waals surface area contributed by atoms with Gasteiger partial charge in [0, 0.05) is 124 Å². The maximum atomic E-state index is 16.1. The first-order valence-electron chi connectivity index (χ1n) is 24.5. The minimum Gasteiger partial charge on any atom is -0.384 e. The molecule has 13 nitrogen and oxygen atoms in total. The topological polar surface area (TPSA) is 135 Å². The van der Waals surface area contributed by atoms with E-state index in [1.54, 1.807) is 22.9 Å². The second kappa shape index (κ2) is 19.1. The number of anilines is 3. The van der Waals surface area contributed by atoms with E-state index in [4.69, 9.17) is 4.98 Å². The summed E-state index contributed by atoms with van der Waals surface area (Å²) in [7, 11) is 0. The second-order valence-corrected chi connectivity index (χ2v) is 19.6. The Morgan fingerprint density at radius 2 is 1.72 bits per heavy atom. The molecule has 0 spiro atoms. The lowest BCUT2D eigenvalue weighted by atomic mass is 9.82. The summed E-state index contributed by atoms with van der Waals surface area (Å²) in [5, 5.41) is 8.68. The molecular formula is C53H61F2N9O4. The highest BCUT2D eigenvalue weighted by atomic mass is 19.1. The summed E-state index contributed by atoms with van der Waals surface area (Å²) in [6.45, 7) is 13.8. The van der Waals surface area contributed by atoms with Gasteiger partial charge < -0.3 is 20.4 Å². The van der Waals surface area contributed by atoms with Crippen LogP contribution in [-0.4, -0.2) is 120 Å². The molecule has 0 radical (unpaired) electrons. The molecule has 7 heterocycles. The Bertz CT molecular complexity index is 2750. The molecule has 10 rings (SSSR count). The number of nitrogens with one attached hydrogen (secondary N) is 3. The Labute approximate surface area is 396 Å². The van der Waals surface area contributed by atoms with Crippen LogP contribution in [-0.2, 0) is 22.4 Å². The molecule has 0 saturated carbocycles. The summed E-state index contributed by atoms with van der Waals surface area (Å²) < 4.78 is 33.2. The molecule has 356 valence electrons. The number of hydrogen-bond acceptors (Lipinski definition) is 10. The number of piperazine rings is 1. The molecule has 3 fully saturated rings. The van der Waals surface area contributed by atoms with Crippen molar-refractivity contribution in [3.8, 4) is 5.69 Å². The predicted molar refractivity (Wildman–Crippen MR) is 261 cm³/mol. The van der Waals surface area contributed by atoms with E-state index in [2.05, 4.69) is 56.6 Å². The van der Waals surface area contributed by atoms with Gasteiger partial charge in [0.1, 0.15) is 17.7 Å². The third-order valence-electron chi connectivity index (χ3n) is 15.4. The van der Waals surface area contributed by atoms with Crippen molar-refractivity contribution in [3.05, 3.63) is 122 Å². The number of benzene rings is 2. The molecule has 2 aromatic carbocycles. The van der Waals surface area contributed by atoms with Crippen molar-refractivity contribution in [1.82, 2.24) is 29.6 Å². The third-order valence-corrected chi connectivity index (χ3v) is 15.4. The zero-order valence-corrected chi connectivity index (χ0v) is 39.3. The molecular weight excluding hydrogens is 865 g/mol. The fraction of sp³-hybridized carbons (Fsp3) is 0.453. The molecule has 1 aliphatic carbocycles. The van der Waals surface area contributed by atoms with Gasteiger partial charge in [-0.3, -0.25) is 43.8 Å². The van der Waals surface area contributed by atoms with Crippen molar-refractivity contribution >= 4 is 46.4 Å². The minimum atomic E-state index is -0.570. The van der Waals surface area contributed by atoms with Crippen LogP contribution in [0, 0.1) is 30.4 Å². The van der Waals surface area contributed by atoms with Crippen LogP contribution >= 0.6 is 0 Å². The van der Waals surface area contributed by atoms with Gasteiger partial charge in [-0.15, -0.1) is 0 Å². The molecule has 0 bridgehead atoms. The summed E-state index contributed by atoms with van der Waals surface area (Å²) >= 11 is 0. The molecule has 2 aromatic heterocycles. The molecule has 15 heteroatoms. The highest BCUT2D eigenvalue weighted by Gasteiger charge is 2.32. The van der Waals surface area contributed by atoms with E-state index in [-0.39, 0.29) is 47.4 Å². The second-order valence-electron chi connectivity index (χ2n) is 19.6. The summed E-state index contributed by atoms with van der Waals surface area (Å²) in [6.07, 6.45) is 12.6. The minimum absolute atomic E-state index is 0.0160. The Kier molecular flexibility index (Phi) is 12.8. The normalized spacial score (nSPS) is 21.9. The smallest absolute Gasteiger partial charge is 0.260 e. The van der Waals surface area contributed by atoms with Gasteiger partial charge in [0.2, 0.25) is 11.8 Å². The maximum absolute atomic E-state index is 16.1. The Balaban J connectivity index is 0.716. The van der Waals surface area contributed by atoms with Crippen LogP contribution in [0.1, 0.15) is 84.3 Å². The summed E-state index contributed by atoms with van der Waals surface area (Å²) in [5.74, 6) is -0.810. The zero-order chi connectivity index (χ0) is 47.2. The number of piperidine rings is 2. The number of imide groups is 1. The van der Waals surface area contributed by atoms with Crippen LogP contribution in [0.5, 0.6) is 0 Å². The lowest BCUT2D eigenvalue weighted by Gasteiger charge is -2.39. The van der Waals surface area contributed by atoms with Gasteiger partial charge in [0.05, 0.1) is 17.1 Å². The zero-order valence-electron chi connectivity index (χ0n) is 39.3. The van der Waals surface area contributed by atoms with Gasteiger partial charge >= 0.3 is 0 Å². The molecule has 3 amide bonds. The van der Waals surface area contributed by atoms with E-state index in [9.17, 15) is 19.2 Å². The van der Waals surface area contributed by atoms with Gasteiger partial charge in [0.15, 0.2) is 0 Å². The number of pyridine rings is 2. The van der Waals surface area contributed by atoms with Gasteiger partial charge in [0.25, 0.3) is 11.5 Å². The molecule has 3 saturated heterocycles. The first-order chi connectivity index (χ1) is 32.9. The number of halogens is 2. The van der Waals surface area contributed by atoms with Crippen molar-refractivity contribution in [2.24, 2.45) is 11.8 Å². The van der Waals surface area contributed by atoms with Crippen LogP contribution < -0.4 is 26.4 Å². The van der Waals surface area contributed by atoms with E-state index in [0.717, 1.165) is 97.7 Å². The van der Waals surface area contributed by atoms with E-state index in [1.807, 2.05) is 36.2 Å². The number of aryl methyl sites for hydroxylation is 1. The Morgan fingerprint density at radius 3 is 2.46 bits per heavy atom. The molecule has 68 heavy (non-hydrogen) atoms. The standard InChI is InChI=1S/C53H61F2N9O4/c1-32-27-46-41(47(9-16-57-46)64-21-14-44-39(53(64)68)8-15-56-44)30-40(32)34(3)61-19-12-36(13-20-61)50-33(2)26-37(28-43(50)55)52(67)63-17-10-35(11-18-63)31-60-22-24-62(25-23-60)48-6-4-38(29-42(48)54)58-45-5-7-49(65)59-51(45)66/h4,6,9,12,14,16,21,26,28-30,32,34-35,45,56,58H,5,7-8,10-11,13,15,17-20,22-25,27,31H2,1-3H3,(H,59,65,66)/t32?,34-,45?/m0/s1. The molecule has 4 aromatic rings. The SMILES string of the molecule is Cc1cc(C(=O)N2CCC(CN3CCN(c4ccc(NC5CCC(=O)NC5=O)cc4F)CC3)CC2)cc(F)c1C1=CCN([C@@H](C)C2=Cc3c(-n4ccc5c(c4=O)CCN5)ccnc3CC2C)CC1. The average molecular weight is 926 g/mol. The fourth-order valence-corrected chi connectivity index (χ4v) is 11.5.